The Morgan fingerprint density at radius 3 is 1.97 bits per heavy atom. The summed E-state index contributed by atoms with van der Waals surface area (Å²) in [5.74, 6) is -3.74. The molecule has 0 unspecified atom stereocenters. The van der Waals surface area contributed by atoms with Gasteiger partial charge < -0.3 is 10.1 Å². The monoisotopic (exact) mass is 449 g/mol. The largest absolute Gasteiger partial charge is 0.435 e. The van der Waals surface area contributed by atoms with Crippen LogP contribution < -0.4 is 10.1 Å². The Bertz CT molecular complexity index is 909. The fraction of sp³-hybridized carbons (Fsp3) is 0.235. The number of rotatable bonds is 5. The molecule has 0 aliphatic carbocycles. The van der Waals surface area contributed by atoms with Gasteiger partial charge in [-0.2, -0.15) is 35.1 Å². The van der Waals surface area contributed by atoms with Gasteiger partial charge in [0.15, 0.2) is 0 Å². The Balaban J connectivity index is 2.55. The van der Waals surface area contributed by atoms with Crippen LogP contribution in [0.5, 0.6) is 5.75 Å². The predicted octanol–water partition coefficient (Wildman–Crippen LogP) is 5.97. The number of hydrogen-bond donors (Lipinski definition) is 1. The lowest BCUT2D eigenvalue weighted by atomic mass is 9.93. The maximum absolute atomic E-state index is 14.1. The van der Waals surface area contributed by atoms with Gasteiger partial charge in [-0.25, -0.2) is 8.78 Å². The fourth-order valence-electron chi connectivity index (χ4n) is 2.36. The van der Waals surface area contributed by atoms with E-state index in [-0.39, 0.29) is 18.2 Å². The van der Waals surface area contributed by atoms with E-state index in [9.17, 15) is 48.7 Å². The molecule has 164 valence electrons. The highest BCUT2D eigenvalue weighted by atomic mass is 19.4. The number of ether oxygens (including phenoxy) is 1. The van der Waals surface area contributed by atoms with Crippen LogP contribution in [0.1, 0.15) is 15.9 Å². The number of alkyl halides is 9. The highest BCUT2D eigenvalue weighted by molar-refractivity contribution is 6.05. The van der Waals surface area contributed by atoms with E-state index in [0.29, 0.717) is 0 Å². The number of halogens is 10. The van der Waals surface area contributed by atoms with E-state index in [1.807, 2.05) is 0 Å². The van der Waals surface area contributed by atoms with E-state index >= 15 is 0 Å². The van der Waals surface area contributed by atoms with Crippen molar-refractivity contribution in [2.45, 2.75) is 24.6 Å². The van der Waals surface area contributed by atoms with Crippen LogP contribution in [0.25, 0.3) is 0 Å². The minimum absolute atomic E-state index is 0.0176. The van der Waals surface area contributed by atoms with Gasteiger partial charge in [-0.05, 0) is 24.3 Å². The summed E-state index contributed by atoms with van der Waals surface area (Å²) in [5.41, 5.74) is -9.48. The topological polar surface area (TPSA) is 38.3 Å². The van der Waals surface area contributed by atoms with Gasteiger partial charge >= 0.3 is 24.6 Å². The SMILES string of the molecule is O=C(Nc1ccc(C(F)(C(F)(F)F)C(F)(F)F)cc1OC(F)F)c1ccccc1F. The number of amides is 1. The fourth-order valence-corrected chi connectivity index (χ4v) is 2.36. The molecule has 0 spiro atoms. The molecule has 0 aliphatic heterocycles. The smallest absolute Gasteiger partial charge is 0.433 e. The van der Waals surface area contributed by atoms with Crippen LogP contribution in [-0.4, -0.2) is 24.9 Å². The summed E-state index contributed by atoms with van der Waals surface area (Å²) >= 11 is 0. The lowest BCUT2D eigenvalue weighted by Crippen LogP contribution is -2.50. The first-order valence-electron chi connectivity index (χ1n) is 7.66. The minimum Gasteiger partial charge on any atom is -0.433 e. The normalized spacial score (nSPS) is 12.8. The number of carbonyl (C=O) groups excluding carboxylic acids is 1. The van der Waals surface area contributed by atoms with Gasteiger partial charge in [0.1, 0.15) is 11.6 Å². The van der Waals surface area contributed by atoms with Crippen molar-refractivity contribution in [1.29, 1.82) is 0 Å². The van der Waals surface area contributed by atoms with Crippen LogP contribution in [0.15, 0.2) is 42.5 Å². The number of anilines is 1. The molecule has 0 bridgehead atoms. The summed E-state index contributed by atoms with van der Waals surface area (Å²) < 4.78 is 134. The summed E-state index contributed by atoms with van der Waals surface area (Å²) in [6, 6.07) is 4.26. The van der Waals surface area contributed by atoms with Gasteiger partial charge in [0, 0.05) is 5.56 Å². The molecule has 2 aromatic carbocycles. The summed E-state index contributed by atoms with van der Waals surface area (Å²) in [6.45, 7) is -3.75. The summed E-state index contributed by atoms with van der Waals surface area (Å²) in [6.07, 6.45) is -13.0. The van der Waals surface area contributed by atoms with Crippen LogP contribution in [0.4, 0.5) is 49.6 Å². The molecular formula is C17H9F10NO2. The third-order valence-corrected chi connectivity index (χ3v) is 3.74. The van der Waals surface area contributed by atoms with Crippen molar-refractivity contribution in [1.82, 2.24) is 0 Å². The molecule has 0 radical (unpaired) electrons. The molecule has 13 heteroatoms. The minimum atomic E-state index is -6.49. The Labute approximate surface area is 161 Å². The molecule has 0 saturated heterocycles. The molecule has 0 aliphatic rings. The van der Waals surface area contributed by atoms with Gasteiger partial charge in [0.25, 0.3) is 5.91 Å². The molecule has 30 heavy (non-hydrogen) atoms. The van der Waals surface area contributed by atoms with Crippen molar-refractivity contribution >= 4 is 11.6 Å². The summed E-state index contributed by atoms with van der Waals surface area (Å²) in [4.78, 5) is 12.0. The van der Waals surface area contributed by atoms with Gasteiger partial charge in [0.05, 0.1) is 11.3 Å². The van der Waals surface area contributed by atoms with Crippen LogP contribution >= 0.6 is 0 Å². The molecule has 0 heterocycles. The number of nitrogens with one attached hydrogen (secondary N) is 1. The molecule has 1 amide bonds. The lowest BCUT2D eigenvalue weighted by molar-refractivity contribution is -0.348. The van der Waals surface area contributed by atoms with E-state index in [1.54, 1.807) is 5.32 Å². The summed E-state index contributed by atoms with van der Waals surface area (Å²) in [7, 11) is 0. The highest BCUT2D eigenvalue weighted by Gasteiger charge is 2.73. The molecule has 2 aromatic rings. The Kier molecular flexibility index (Phi) is 6.23. The Hall–Kier alpha value is -2.99. The number of carbonyl (C=O) groups is 1. The zero-order valence-electron chi connectivity index (χ0n) is 14.2. The van der Waals surface area contributed by atoms with E-state index in [4.69, 9.17) is 0 Å². The number of benzene rings is 2. The molecule has 0 fully saturated rings. The van der Waals surface area contributed by atoms with Crippen molar-refractivity contribution in [3.63, 3.8) is 0 Å². The maximum Gasteiger partial charge on any atom is 0.435 e. The quantitative estimate of drug-likeness (QED) is 0.572. The van der Waals surface area contributed by atoms with E-state index < -0.39 is 58.9 Å². The van der Waals surface area contributed by atoms with Gasteiger partial charge in [-0.1, -0.05) is 18.2 Å². The van der Waals surface area contributed by atoms with Crippen molar-refractivity contribution in [2.75, 3.05) is 5.32 Å². The zero-order chi connectivity index (χ0) is 22.9. The van der Waals surface area contributed by atoms with Crippen LogP contribution in [-0.2, 0) is 5.67 Å². The first-order valence-corrected chi connectivity index (χ1v) is 7.66. The molecule has 3 nitrogen and oxygen atoms in total. The first kappa shape index (κ1) is 23.3. The average molecular weight is 449 g/mol. The van der Waals surface area contributed by atoms with E-state index in [1.165, 1.54) is 12.1 Å². The van der Waals surface area contributed by atoms with Gasteiger partial charge in [-0.15, -0.1) is 0 Å². The molecule has 0 atom stereocenters. The standard InChI is InChI=1S/C17H9F10NO2/c18-10-4-2-1-3-9(10)13(29)28-11-6-5-8(7-12(11)30-14(19)20)15(21,16(22,23)24)17(25,26)27/h1-7,14H,(H,28,29). The summed E-state index contributed by atoms with van der Waals surface area (Å²) in [5, 5.41) is 1.81. The van der Waals surface area contributed by atoms with Gasteiger partial charge in [-0.3, -0.25) is 4.79 Å². The van der Waals surface area contributed by atoms with Crippen molar-refractivity contribution in [3.8, 4) is 5.75 Å². The van der Waals surface area contributed by atoms with Crippen LogP contribution in [0, 0.1) is 5.82 Å². The maximum atomic E-state index is 14.1. The predicted molar refractivity (Wildman–Crippen MR) is 82.3 cm³/mol. The second-order valence-electron chi connectivity index (χ2n) is 5.68. The third kappa shape index (κ3) is 4.44. The third-order valence-electron chi connectivity index (χ3n) is 3.74. The van der Waals surface area contributed by atoms with Gasteiger partial charge in [0.2, 0.25) is 0 Å². The lowest BCUT2D eigenvalue weighted by Gasteiger charge is -2.30. The van der Waals surface area contributed by atoms with Crippen LogP contribution in [0.3, 0.4) is 0 Å². The highest BCUT2D eigenvalue weighted by Crippen LogP contribution is 2.54. The van der Waals surface area contributed by atoms with Crippen molar-refractivity contribution in [3.05, 3.63) is 59.4 Å². The average Bonchev–Trinajstić information content (AvgIpc) is 2.60. The molecular weight excluding hydrogens is 440 g/mol. The zero-order valence-corrected chi connectivity index (χ0v) is 14.2. The Morgan fingerprint density at radius 1 is 0.900 bits per heavy atom. The van der Waals surface area contributed by atoms with Crippen LogP contribution in [0.2, 0.25) is 0 Å². The molecule has 0 aromatic heterocycles. The second-order valence-corrected chi connectivity index (χ2v) is 5.68. The number of hydrogen-bond acceptors (Lipinski definition) is 2. The first-order chi connectivity index (χ1) is 13.7. The van der Waals surface area contributed by atoms with Crippen molar-refractivity contribution < 1.29 is 53.4 Å². The van der Waals surface area contributed by atoms with Crippen molar-refractivity contribution in [2.24, 2.45) is 0 Å². The molecule has 2 rings (SSSR count). The van der Waals surface area contributed by atoms with E-state index in [0.717, 1.165) is 12.1 Å². The molecule has 0 saturated carbocycles. The molecule has 1 N–H and O–H groups in total. The second kappa shape index (κ2) is 8.03. The van der Waals surface area contributed by atoms with E-state index in [2.05, 4.69) is 4.74 Å². The Morgan fingerprint density at radius 2 is 1.47 bits per heavy atom.